The Morgan fingerprint density at radius 2 is 1.61 bits per heavy atom. The van der Waals surface area contributed by atoms with E-state index in [1.54, 1.807) is 30.3 Å². The summed E-state index contributed by atoms with van der Waals surface area (Å²) in [5.74, 6) is 2.21. The zero-order valence-corrected chi connectivity index (χ0v) is 16.0. The molecular weight excluding hydrogens is 354 g/mol. The van der Waals surface area contributed by atoms with Crippen LogP contribution in [0.4, 0.5) is 10.5 Å². The molecule has 6 heteroatoms. The number of carbonyl (C=O) groups is 1. The van der Waals surface area contributed by atoms with E-state index in [1.165, 1.54) is 0 Å². The molecule has 2 amide bonds. The predicted octanol–water partition coefficient (Wildman–Crippen LogP) is 4.94. The number of rotatable bonds is 7. The third-order valence-corrected chi connectivity index (χ3v) is 3.95. The maximum absolute atomic E-state index is 12.3. The Balaban J connectivity index is 1.54. The molecule has 0 bridgehead atoms. The van der Waals surface area contributed by atoms with Gasteiger partial charge in [0.05, 0.1) is 18.8 Å². The van der Waals surface area contributed by atoms with Crippen molar-refractivity contribution in [3.8, 4) is 17.2 Å². The number of aromatic nitrogens is 1. The minimum Gasteiger partial charge on any atom is -0.494 e. The number of ether oxygens (including phenoxy) is 2. The monoisotopic (exact) mass is 377 g/mol. The standard InChI is InChI=1S/C22H23N3O3/c1-3-27-19-11-13-21(14-12-19)28-20-9-7-17(8-10-20)24-22(26)25(2)16-18-6-4-5-15-23-18/h4-15H,3,16H2,1-2H3,(H,24,26). The Hall–Kier alpha value is -3.54. The van der Waals surface area contributed by atoms with Crippen molar-refractivity contribution < 1.29 is 14.3 Å². The molecule has 0 radical (unpaired) electrons. The molecule has 28 heavy (non-hydrogen) atoms. The first-order valence-corrected chi connectivity index (χ1v) is 9.07. The summed E-state index contributed by atoms with van der Waals surface area (Å²) < 4.78 is 11.2. The molecule has 1 aromatic heterocycles. The zero-order valence-electron chi connectivity index (χ0n) is 16.0. The van der Waals surface area contributed by atoms with Crippen LogP contribution < -0.4 is 14.8 Å². The molecule has 0 saturated carbocycles. The number of benzene rings is 2. The van der Waals surface area contributed by atoms with Gasteiger partial charge >= 0.3 is 6.03 Å². The number of amides is 2. The molecule has 1 heterocycles. The van der Waals surface area contributed by atoms with Gasteiger partial charge in [0.25, 0.3) is 0 Å². The fourth-order valence-electron chi connectivity index (χ4n) is 2.54. The summed E-state index contributed by atoms with van der Waals surface area (Å²) in [7, 11) is 1.73. The lowest BCUT2D eigenvalue weighted by Crippen LogP contribution is -2.31. The van der Waals surface area contributed by atoms with Crippen LogP contribution in [-0.4, -0.2) is 29.6 Å². The predicted molar refractivity (Wildman–Crippen MR) is 109 cm³/mol. The Labute approximate surface area is 164 Å². The molecular formula is C22H23N3O3. The number of urea groups is 1. The molecule has 0 fully saturated rings. The Morgan fingerprint density at radius 3 is 2.21 bits per heavy atom. The van der Waals surface area contributed by atoms with Crippen LogP contribution in [-0.2, 0) is 6.54 Å². The minimum absolute atomic E-state index is 0.203. The van der Waals surface area contributed by atoms with E-state index in [0.29, 0.717) is 24.6 Å². The summed E-state index contributed by atoms with van der Waals surface area (Å²) in [5, 5.41) is 2.86. The maximum atomic E-state index is 12.3. The first-order chi connectivity index (χ1) is 13.6. The van der Waals surface area contributed by atoms with Crippen LogP contribution in [0.5, 0.6) is 17.2 Å². The van der Waals surface area contributed by atoms with Crippen molar-refractivity contribution >= 4 is 11.7 Å². The van der Waals surface area contributed by atoms with E-state index in [9.17, 15) is 4.79 Å². The molecule has 0 atom stereocenters. The zero-order chi connectivity index (χ0) is 19.8. The van der Waals surface area contributed by atoms with E-state index < -0.39 is 0 Å². The minimum atomic E-state index is -0.203. The molecule has 0 spiro atoms. The van der Waals surface area contributed by atoms with Crippen molar-refractivity contribution in [3.63, 3.8) is 0 Å². The van der Waals surface area contributed by atoms with Gasteiger partial charge in [-0.1, -0.05) is 6.07 Å². The van der Waals surface area contributed by atoms with Crippen LogP contribution in [0.3, 0.4) is 0 Å². The topological polar surface area (TPSA) is 63.7 Å². The highest BCUT2D eigenvalue weighted by molar-refractivity contribution is 5.89. The smallest absolute Gasteiger partial charge is 0.321 e. The molecule has 3 rings (SSSR count). The summed E-state index contributed by atoms with van der Waals surface area (Å²) >= 11 is 0. The number of nitrogens with zero attached hydrogens (tertiary/aromatic N) is 2. The van der Waals surface area contributed by atoms with Gasteiger partial charge in [0.1, 0.15) is 17.2 Å². The normalized spacial score (nSPS) is 10.2. The number of nitrogens with one attached hydrogen (secondary N) is 1. The van der Waals surface area contributed by atoms with E-state index in [2.05, 4.69) is 10.3 Å². The second-order valence-electron chi connectivity index (χ2n) is 6.14. The summed E-state index contributed by atoms with van der Waals surface area (Å²) in [6.45, 7) is 3.01. The Kier molecular flexibility index (Phi) is 6.46. The number of hydrogen-bond donors (Lipinski definition) is 1. The maximum Gasteiger partial charge on any atom is 0.321 e. The highest BCUT2D eigenvalue weighted by Gasteiger charge is 2.10. The van der Waals surface area contributed by atoms with Gasteiger partial charge < -0.3 is 19.7 Å². The van der Waals surface area contributed by atoms with Crippen LogP contribution in [0.2, 0.25) is 0 Å². The second kappa shape index (κ2) is 9.41. The molecule has 144 valence electrons. The Morgan fingerprint density at radius 1 is 0.964 bits per heavy atom. The van der Waals surface area contributed by atoms with Gasteiger partial charge in [-0.15, -0.1) is 0 Å². The second-order valence-corrected chi connectivity index (χ2v) is 6.14. The van der Waals surface area contributed by atoms with Crippen molar-refractivity contribution in [1.82, 2.24) is 9.88 Å². The van der Waals surface area contributed by atoms with Gasteiger partial charge in [-0.05, 0) is 67.6 Å². The summed E-state index contributed by atoms with van der Waals surface area (Å²) in [6.07, 6.45) is 1.71. The van der Waals surface area contributed by atoms with E-state index in [4.69, 9.17) is 9.47 Å². The Bertz CT molecular complexity index is 881. The largest absolute Gasteiger partial charge is 0.494 e. The molecule has 2 aromatic carbocycles. The molecule has 0 saturated heterocycles. The van der Waals surface area contributed by atoms with Crippen molar-refractivity contribution in [3.05, 3.63) is 78.6 Å². The SMILES string of the molecule is CCOc1ccc(Oc2ccc(NC(=O)N(C)Cc3ccccn3)cc2)cc1. The summed E-state index contributed by atoms with van der Waals surface area (Å²) in [6, 6.07) is 20.1. The van der Waals surface area contributed by atoms with Crippen LogP contribution in [0.15, 0.2) is 72.9 Å². The molecule has 0 aliphatic carbocycles. The number of hydrogen-bond acceptors (Lipinski definition) is 4. The van der Waals surface area contributed by atoms with Crippen molar-refractivity contribution in [2.24, 2.45) is 0 Å². The van der Waals surface area contributed by atoms with Crippen molar-refractivity contribution in [2.45, 2.75) is 13.5 Å². The lowest BCUT2D eigenvalue weighted by molar-refractivity contribution is 0.220. The lowest BCUT2D eigenvalue weighted by Gasteiger charge is -2.17. The third-order valence-electron chi connectivity index (χ3n) is 3.95. The molecule has 6 nitrogen and oxygen atoms in total. The number of anilines is 1. The molecule has 0 aliphatic rings. The molecule has 0 unspecified atom stereocenters. The highest BCUT2D eigenvalue weighted by atomic mass is 16.5. The van der Waals surface area contributed by atoms with Gasteiger partial charge in [0.2, 0.25) is 0 Å². The van der Waals surface area contributed by atoms with Crippen molar-refractivity contribution in [1.29, 1.82) is 0 Å². The van der Waals surface area contributed by atoms with Gasteiger partial charge in [-0.2, -0.15) is 0 Å². The van der Waals surface area contributed by atoms with Crippen LogP contribution >= 0.6 is 0 Å². The quantitative estimate of drug-likeness (QED) is 0.634. The van der Waals surface area contributed by atoms with E-state index >= 15 is 0 Å². The summed E-state index contributed by atoms with van der Waals surface area (Å²) in [4.78, 5) is 18.1. The van der Waals surface area contributed by atoms with Gasteiger partial charge in [0.15, 0.2) is 0 Å². The van der Waals surface area contributed by atoms with Crippen molar-refractivity contribution in [2.75, 3.05) is 19.0 Å². The first kappa shape index (κ1) is 19.2. The van der Waals surface area contributed by atoms with Crippen LogP contribution in [0, 0.1) is 0 Å². The van der Waals surface area contributed by atoms with Gasteiger partial charge in [-0.25, -0.2) is 4.79 Å². The molecule has 1 N–H and O–H groups in total. The number of pyridine rings is 1. The lowest BCUT2D eigenvalue weighted by atomic mass is 10.3. The van der Waals surface area contributed by atoms with Gasteiger partial charge in [-0.3, -0.25) is 4.98 Å². The van der Waals surface area contributed by atoms with Crippen LogP contribution in [0.25, 0.3) is 0 Å². The van der Waals surface area contributed by atoms with Gasteiger partial charge in [0, 0.05) is 18.9 Å². The fourth-order valence-corrected chi connectivity index (χ4v) is 2.54. The molecule has 0 aliphatic heterocycles. The van der Waals surface area contributed by atoms with E-state index in [0.717, 1.165) is 17.2 Å². The third kappa shape index (κ3) is 5.48. The average molecular weight is 377 g/mol. The number of carbonyl (C=O) groups excluding carboxylic acids is 1. The first-order valence-electron chi connectivity index (χ1n) is 9.07. The molecule has 3 aromatic rings. The average Bonchev–Trinajstić information content (AvgIpc) is 2.72. The van der Waals surface area contributed by atoms with E-state index in [1.807, 2.05) is 61.5 Å². The summed E-state index contributed by atoms with van der Waals surface area (Å²) in [5.41, 5.74) is 1.52. The fraction of sp³-hybridized carbons (Fsp3) is 0.182. The van der Waals surface area contributed by atoms with Crippen LogP contribution in [0.1, 0.15) is 12.6 Å². The van der Waals surface area contributed by atoms with E-state index in [-0.39, 0.29) is 6.03 Å². The highest BCUT2D eigenvalue weighted by Crippen LogP contribution is 2.25.